The Hall–Kier alpha value is -0.830. The second-order valence-corrected chi connectivity index (χ2v) is 7.42. The van der Waals surface area contributed by atoms with Gasteiger partial charge in [0.25, 0.3) is 0 Å². The number of benzene rings is 1. The van der Waals surface area contributed by atoms with Crippen LogP contribution >= 0.6 is 15.9 Å². The van der Waals surface area contributed by atoms with Crippen LogP contribution in [0, 0.1) is 12.3 Å². The summed E-state index contributed by atoms with van der Waals surface area (Å²) in [6.45, 7) is 11.3. The van der Waals surface area contributed by atoms with Crippen LogP contribution < -0.4 is 4.90 Å². The number of carbonyl (C=O) groups is 1. The molecule has 20 heavy (non-hydrogen) atoms. The molecule has 0 heterocycles. The van der Waals surface area contributed by atoms with Crippen molar-refractivity contribution in [3.8, 4) is 0 Å². The molecule has 0 atom stereocenters. The van der Waals surface area contributed by atoms with Crippen LogP contribution in [-0.4, -0.2) is 12.5 Å². The van der Waals surface area contributed by atoms with Gasteiger partial charge in [0.15, 0.2) is 0 Å². The summed E-state index contributed by atoms with van der Waals surface area (Å²) in [7, 11) is 0. The van der Waals surface area contributed by atoms with Crippen molar-refractivity contribution >= 4 is 27.5 Å². The first kappa shape index (κ1) is 17.2. The lowest BCUT2D eigenvalue weighted by Crippen LogP contribution is -2.34. The van der Waals surface area contributed by atoms with E-state index in [9.17, 15) is 4.79 Å². The Morgan fingerprint density at radius 1 is 1.30 bits per heavy atom. The number of nitrogens with zero attached hydrogens (tertiary/aromatic N) is 1. The van der Waals surface area contributed by atoms with E-state index in [2.05, 4.69) is 56.6 Å². The minimum absolute atomic E-state index is 0.0198. The summed E-state index contributed by atoms with van der Waals surface area (Å²) in [4.78, 5) is 14.5. The minimum Gasteiger partial charge on any atom is -0.312 e. The average molecular weight is 340 g/mol. The van der Waals surface area contributed by atoms with E-state index in [1.54, 1.807) is 0 Å². The lowest BCUT2D eigenvalue weighted by molar-refractivity contribution is -0.120. The van der Waals surface area contributed by atoms with E-state index in [-0.39, 0.29) is 11.3 Å². The van der Waals surface area contributed by atoms with Crippen molar-refractivity contribution in [2.45, 2.75) is 53.9 Å². The van der Waals surface area contributed by atoms with Crippen LogP contribution in [0.15, 0.2) is 22.7 Å². The molecule has 0 spiro atoms. The van der Waals surface area contributed by atoms with E-state index in [0.29, 0.717) is 6.42 Å². The number of hydrogen-bond donors (Lipinski definition) is 0. The zero-order chi connectivity index (χ0) is 15.3. The molecule has 3 heteroatoms. The normalized spacial score (nSPS) is 11.5. The number of halogens is 1. The van der Waals surface area contributed by atoms with Gasteiger partial charge in [-0.15, -0.1) is 0 Å². The molecule has 2 nitrogen and oxygen atoms in total. The third-order valence-electron chi connectivity index (χ3n) is 3.17. The van der Waals surface area contributed by atoms with E-state index >= 15 is 0 Å². The topological polar surface area (TPSA) is 20.3 Å². The molecule has 0 aliphatic heterocycles. The fraction of sp³-hybridized carbons (Fsp3) is 0.588. The molecular formula is C17H26BrNO. The minimum atomic E-state index is 0.0198. The van der Waals surface area contributed by atoms with E-state index in [1.807, 2.05) is 17.0 Å². The van der Waals surface area contributed by atoms with Crippen LogP contribution in [0.1, 0.15) is 52.5 Å². The molecule has 0 aromatic heterocycles. The third kappa shape index (κ3) is 5.28. The van der Waals surface area contributed by atoms with Gasteiger partial charge in [-0.1, -0.05) is 50.0 Å². The zero-order valence-corrected chi connectivity index (χ0v) is 14.9. The lowest BCUT2D eigenvalue weighted by Gasteiger charge is -2.27. The van der Waals surface area contributed by atoms with E-state index in [4.69, 9.17) is 0 Å². The number of anilines is 1. The fourth-order valence-electron chi connectivity index (χ4n) is 2.06. The Labute approximate surface area is 131 Å². The van der Waals surface area contributed by atoms with Crippen molar-refractivity contribution in [2.75, 3.05) is 11.4 Å². The van der Waals surface area contributed by atoms with Gasteiger partial charge in [0, 0.05) is 23.1 Å². The molecule has 0 unspecified atom stereocenters. The van der Waals surface area contributed by atoms with E-state index in [0.717, 1.165) is 35.1 Å². The molecule has 1 aromatic rings. The highest BCUT2D eigenvalue weighted by Crippen LogP contribution is 2.26. The van der Waals surface area contributed by atoms with Crippen LogP contribution in [-0.2, 0) is 4.79 Å². The summed E-state index contributed by atoms with van der Waals surface area (Å²) in [6, 6.07) is 6.13. The first-order valence-electron chi connectivity index (χ1n) is 7.31. The molecule has 0 bridgehead atoms. The van der Waals surface area contributed by atoms with Gasteiger partial charge in [0.1, 0.15) is 0 Å². The third-order valence-corrected chi connectivity index (χ3v) is 4.06. The summed E-state index contributed by atoms with van der Waals surface area (Å²) in [6.07, 6.45) is 2.70. The van der Waals surface area contributed by atoms with Crippen LogP contribution in [0.25, 0.3) is 0 Å². The lowest BCUT2D eigenvalue weighted by atomic mass is 9.91. The maximum Gasteiger partial charge on any atom is 0.227 e. The molecule has 1 amide bonds. The van der Waals surface area contributed by atoms with Gasteiger partial charge in [0.05, 0.1) is 0 Å². The number of aryl methyl sites for hydroxylation is 1. The molecule has 112 valence electrons. The standard InChI is InChI=1S/C17H26BrNO/c1-6-7-10-19(16(20)12-17(3,4)5)14-8-9-15(18)13(2)11-14/h8-9,11H,6-7,10,12H2,1-5H3. The second kappa shape index (κ2) is 7.26. The number of amides is 1. The van der Waals surface area contributed by atoms with Crippen molar-refractivity contribution in [3.63, 3.8) is 0 Å². The Balaban J connectivity index is 2.98. The van der Waals surface area contributed by atoms with Crippen LogP contribution in [0.3, 0.4) is 0 Å². The van der Waals surface area contributed by atoms with Gasteiger partial charge in [-0.25, -0.2) is 0 Å². The first-order valence-corrected chi connectivity index (χ1v) is 8.10. The maximum absolute atomic E-state index is 12.6. The molecule has 0 saturated carbocycles. The average Bonchev–Trinajstić information content (AvgIpc) is 2.31. The molecule has 0 N–H and O–H groups in total. The molecule has 0 radical (unpaired) electrons. The largest absolute Gasteiger partial charge is 0.312 e. The van der Waals surface area contributed by atoms with Crippen molar-refractivity contribution in [1.29, 1.82) is 0 Å². The number of hydrogen-bond acceptors (Lipinski definition) is 1. The summed E-state index contributed by atoms with van der Waals surface area (Å²) in [5.41, 5.74) is 2.19. The van der Waals surface area contributed by atoms with Gasteiger partial charge in [-0.05, 0) is 42.5 Å². The Morgan fingerprint density at radius 2 is 1.95 bits per heavy atom. The second-order valence-electron chi connectivity index (χ2n) is 6.57. The SMILES string of the molecule is CCCCN(C(=O)CC(C)(C)C)c1ccc(Br)c(C)c1. The van der Waals surface area contributed by atoms with Crippen molar-refractivity contribution < 1.29 is 4.79 Å². The first-order chi connectivity index (χ1) is 9.24. The maximum atomic E-state index is 12.6. The highest BCUT2D eigenvalue weighted by Gasteiger charge is 2.22. The van der Waals surface area contributed by atoms with Gasteiger partial charge in [-0.2, -0.15) is 0 Å². The predicted molar refractivity (Wildman–Crippen MR) is 90.2 cm³/mol. The van der Waals surface area contributed by atoms with Gasteiger partial charge >= 0.3 is 0 Å². The van der Waals surface area contributed by atoms with Gasteiger partial charge in [-0.3, -0.25) is 4.79 Å². The summed E-state index contributed by atoms with van der Waals surface area (Å²) in [5.74, 6) is 0.215. The van der Waals surface area contributed by atoms with Gasteiger partial charge < -0.3 is 4.90 Å². The molecule has 1 aromatic carbocycles. The smallest absolute Gasteiger partial charge is 0.227 e. The van der Waals surface area contributed by atoms with Crippen LogP contribution in [0.5, 0.6) is 0 Å². The number of unbranched alkanes of at least 4 members (excludes halogenated alkanes) is 1. The zero-order valence-electron chi connectivity index (χ0n) is 13.3. The monoisotopic (exact) mass is 339 g/mol. The number of rotatable bonds is 5. The van der Waals surface area contributed by atoms with Crippen LogP contribution in [0.2, 0.25) is 0 Å². The summed E-state index contributed by atoms with van der Waals surface area (Å²) < 4.78 is 1.08. The highest BCUT2D eigenvalue weighted by atomic mass is 79.9. The Bertz CT molecular complexity index is 463. The fourth-order valence-corrected chi connectivity index (χ4v) is 2.31. The van der Waals surface area contributed by atoms with Crippen LogP contribution in [0.4, 0.5) is 5.69 Å². The predicted octanol–water partition coefficient (Wildman–Crippen LogP) is 5.33. The number of carbonyl (C=O) groups excluding carboxylic acids is 1. The van der Waals surface area contributed by atoms with Crippen molar-refractivity contribution in [3.05, 3.63) is 28.2 Å². The molecule has 0 fully saturated rings. The highest BCUT2D eigenvalue weighted by molar-refractivity contribution is 9.10. The van der Waals surface area contributed by atoms with Gasteiger partial charge in [0.2, 0.25) is 5.91 Å². The molecule has 0 aliphatic rings. The quantitative estimate of drug-likeness (QED) is 0.710. The Kier molecular flexibility index (Phi) is 6.25. The summed E-state index contributed by atoms with van der Waals surface area (Å²) in [5, 5.41) is 0. The molecule has 0 saturated heterocycles. The molecule has 0 aliphatic carbocycles. The molecular weight excluding hydrogens is 314 g/mol. The molecule has 1 rings (SSSR count). The van der Waals surface area contributed by atoms with Crippen molar-refractivity contribution in [1.82, 2.24) is 0 Å². The van der Waals surface area contributed by atoms with Crippen molar-refractivity contribution in [2.24, 2.45) is 5.41 Å². The Morgan fingerprint density at radius 3 is 2.45 bits per heavy atom. The summed E-state index contributed by atoms with van der Waals surface area (Å²) >= 11 is 3.51. The van der Waals surface area contributed by atoms with E-state index in [1.165, 1.54) is 0 Å². The van der Waals surface area contributed by atoms with E-state index < -0.39 is 0 Å².